The summed E-state index contributed by atoms with van der Waals surface area (Å²) >= 11 is 0. The van der Waals surface area contributed by atoms with Crippen LogP contribution in [0.5, 0.6) is 0 Å². The van der Waals surface area contributed by atoms with Crippen molar-refractivity contribution in [3.8, 4) is 0 Å². The number of carboxylic acid groups (broad SMARTS) is 1. The van der Waals surface area contributed by atoms with Crippen LogP contribution in [0.2, 0.25) is 0 Å². The van der Waals surface area contributed by atoms with Gasteiger partial charge in [-0.2, -0.15) is 0 Å². The van der Waals surface area contributed by atoms with E-state index >= 15 is 0 Å². The highest BCUT2D eigenvalue weighted by Gasteiger charge is 2.35. The number of hydrogen-bond acceptors (Lipinski definition) is 3. The molecular weight excluding hydrogens is 184 g/mol. The highest BCUT2D eigenvalue weighted by molar-refractivity contribution is 5.57. The summed E-state index contributed by atoms with van der Waals surface area (Å²) in [5, 5.41) is 18.3. The van der Waals surface area contributed by atoms with Gasteiger partial charge in [0, 0.05) is 0 Å². The Kier molecular flexibility index (Phi) is 3.75. The second-order valence-corrected chi connectivity index (χ2v) is 4.25. The number of aliphatic hydroxyl groups is 1. The van der Waals surface area contributed by atoms with Crippen LogP contribution in [0, 0.1) is 11.8 Å². The Morgan fingerprint density at radius 3 is 2.57 bits per heavy atom. The minimum absolute atomic E-state index is 0.160. The molecule has 1 aliphatic rings. The summed E-state index contributed by atoms with van der Waals surface area (Å²) < 4.78 is 4.65. The molecule has 2 N–H and O–H groups in total. The lowest BCUT2D eigenvalue weighted by Crippen LogP contribution is -2.42. The van der Waals surface area contributed by atoms with Gasteiger partial charge in [-0.15, -0.1) is 0 Å². The average Bonchev–Trinajstić information content (AvgIpc) is 2.07. The van der Waals surface area contributed by atoms with Gasteiger partial charge in [-0.3, -0.25) is 0 Å². The summed E-state index contributed by atoms with van der Waals surface area (Å²) in [6, 6.07) is 0. The fraction of sp³-hybridized carbons (Fsp3) is 0.900. The van der Waals surface area contributed by atoms with E-state index in [4.69, 9.17) is 5.11 Å². The second kappa shape index (κ2) is 4.64. The molecule has 1 aliphatic carbocycles. The zero-order valence-electron chi connectivity index (χ0n) is 8.64. The number of ether oxygens (including phenoxy) is 1. The minimum atomic E-state index is -1.29. The van der Waals surface area contributed by atoms with Gasteiger partial charge in [0.1, 0.15) is 6.10 Å². The molecule has 0 saturated heterocycles. The molecule has 1 rings (SSSR count). The van der Waals surface area contributed by atoms with Gasteiger partial charge in [0.25, 0.3) is 0 Å². The van der Waals surface area contributed by atoms with Crippen LogP contribution in [0.3, 0.4) is 0 Å². The zero-order chi connectivity index (χ0) is 10.7. The normalized spacial score (nSPS) is 33.0. The lowest BCUT2D eigenvalue weighted by molar-refractivity contribution is -0.0750. The third-order valence-electron chi connectivity index (χ3n) is 2.95. The van der Waals surface area contributed by atoms with E-state index in [-0.39, 0.29) is 5.92 Å². The molecule has 14 heavy (non-hydrogen) atoms. The van der Waals surface area contributed by atoms with E-state index in [1.54, 1.807) is 0 Å². The molecule has 4 nitrogen and oxygen atoms in total. The van der Waals surface area contributed by atoms with Crippen LogP contribution < -0.4 is 0 Å². The fourth-order valence-electron chi connectivity index (χ4n) is 2.16. The highest BCUT2D eigenvalue weighted by atomic mass is 16.7. The van der Waals surface area contributed by atoms with Crippen LogP contribution in [-0.4, -0.2) is 28.6 Å². The molecule has 1 saturated carbocycles. The molecule has 0 spiro atoms. The molecule has 0 aromatic rings. The van der Waals surface area contributed by atoms with Crippen molar-refractivity contribution in [1.82, 2.24) is 0 Å². The molecule has 0 bridgehead atoms. The smallest absolute Gasteiger partial charge is 0.450 e. The van der Waals surface area contributed by atoms with E-state index in [0.717, 1.165) is 12.8 Å². The summed E-state index contributed by atoms with van der Waals surface area (Å²) in [4.78, 5) is 10.4. The molecular formula is C10H18O4. The maximum Gasteiger partial charge on any atom is 0.506 e. The Balaban J connectivity index is 2.56. The van der Waals surface area contributed by atoms with E-state index in [2.05, 4.69) is 4.74 Å². The summed E-state index contributed by atoms with van der Waals surface area (Å²) in [5.74, 6) is 0.526. The quantitative estimate of drug-likeness (QED) is 0.671. The van der Waals surface area contributed by atoms with Crippen LogP contribution in [-0.2, 0) is 4.74 Å². The van der Waals surface area contributed by atoms with Gasteiger partial charge >= 0.3 is 6.16 Å². The SMILES string of the molecule is CC(C)C1CCCC(OC(=O)O)C1O. The van der Waals surface area contributed by atoms with Crippen LogP contribution in [0.25, 0.3) is 0 Å². The van der Waals surface area contributed by atoms with Crippen LogP contribution in [0.4, 0.5) is 4.79 Å². The fourth-order valence-corrected chi connectivity index (χ4v) is 2.16. The molecule has 0 aliphatic heterocycles. The van der Waals surface area contributed by atoms with Crippen LogP contribution in [0.1, 0.15) is 33.1 Å². The van der Waals surface area contributed by atoms with Gasteiger partial charge in [-0.25, -0.2) is 4.79 Å². The molecule has 4 heteroatoms. The standard InChI is InChI=1S/C10H18O4/c1-6(2)7-4-3-5-8(9(7)11)14-10(12)13/h6-9,11H,3-5H2,1-2H3,(H,12,13). The Labute approximate surface area is 83.9 Å². The minimum Gasteiger partial charge on any atom is -0.450 e. The lowest BCUT2D eigenvalue weighted by Gasteiger charge is -2.35. The lowest BCUT2D eigenvalue weighted by atomic mass is 9.78. The Morgan fingerprint density at radius 2 is 2.07 bits per heavy atom. The van der Waals surface area contributed by atoms with Crippen molar-refractivity contribution < 1.29 is 19.7 Å². The first-order chi connectivity index (χ1) is 6.52. The molecule has 82 valence electrons. The van der Waals surface area contributed by atoms with Gasteiger partial charge in [0.15, 0.2) is 0 Å². The van der Waals surface area contributed by atoms with Gasteiger partial charge in [-0.05, 0) is 31.1 Å². The largest absolute Gasteiger partial charge is 0.506 e. The van der Waals surface area contributed by atoms with Crippen molar-refractivity contribution in [2.45, 2.75) is 45.3 Å². The Hall–Kier alpha value is -0.770. The third-order valence-corrected chi connectivity index (χ3v) is 2.95. The predicted molar refractivity (Wildman–Crippen MR) is 51.1 cm³/mol. The second-order valence-electron chi connectivity index (χ2n) is 4.25. The molecule has 1 fully saturated rings. The van der Waals surface area contributed by atoms with Gasteiger partial charge in [0.05, 0.1) is 6.10 Å². The van der Waals surface area contributed by atoms with Crippen LogP contribution >= 0.6 is 0 Å². The van der Waals surface area contributed by atoms with E-state index in [1.807, 2.05) is 13.8 Å². The van der Waals surface area contributed by atoms with Gasteiger partial charge in [-0.1, -0.05) is 13.8 Å². The topological polar surface area (TPSA) is 66.8 Å². The summed E-state index contributed by atoms with van der Waals surface area (Å²) in [6.07, 6.45) is 0.0549. The molecule has 0 aromatic carbocycles. The third kappa shape index (κ3) is 2.61. The maximum absolute atomic E-state index is 10.4. The van der Waals surface area contributed by atoms with E-state index in [9.17, 15) is 9.90 Å². The summed E-state index contributed by atoms with van der Waals surface area (Å²) in [6.45, 7) is 4.08. The first kappa shape index (κ1) is 11.3. The van der Waals surface area contributed by atoms with Crippen molar-refractivity contribution in [3.63, 3.8) is 0 Å². The first-order valence-corrected chi connectivity index (χ1v) is 5.10. The zero-order valence-corrected chi connectivity index (χ0v) is 8.64. The monoisotopic (exact) mass is 202 g/mol. The Morgan fingerprint density at radius 1 is 1.43 bits per heavy atom. The van der Waals surface area contributed by atoms with Crippen molar-refractivity contribution >= 4 is 6.16 Å². The molecule has 0 heterocycles. The molecule has 3 unspecified atom stereocenters. The van der Waals surface area contributed by atoms with Crippen molar-refractivity contribution in [1.29, 1.82) is 0 Å². The predicted octanol–water partition coefficient (Wildman–Crippen LogP) is 1.87. The molecule has 3 atom stereocenters. The number of carbonyl (C=O) groups is 1. The van der Waals surface area contributed by atoms with E-state index in [1.165, 1.54) is 0 Å². The van der Waals surface area contributed by atoms with E-state index in [0.29, 0.717) is 12.3 Å². The first-order valence-electron chi connectivity index (χ1n) is 5.10. The Bertz CT molecular complexity index is 202. The maximum atomic E-state index is 10.4. The molecule has 0 radical (unpaired) electrons. The number of hydrogen-bond donors (Lipinski definition) is 2. The van der Waals surface area contributed by atoms with Crippen molar-refractivity contribution in [3.05, 3.63) is 0 Å². The molecule has 0 aromatic heterocycles. The van der Waals surface area contributed by atoms with Crippen molar-refractivity contribution in [2.75, 3.05) is 0 Å². The average molecular weight is 202 g/mol. The van der Waals surface area contributed by atoms with Crippen molar-refractivity contribution in [2.24, 2.45) is 11.8 Å². The molecule has 0 amide bonds. The van der Waals surface area contributed by atoms with Gasteiger partial charge < -0.3 is 14.9 Å². The number of rotatable bonds is 2. The van der Waals surface area contributed by atoms with E-state index < -0.39 is 18.4 Å². The van der Waals surface area contributed by atoms with Crippen LogP contribution in [0.15, 0.2) is 0 Å². The summed E-state index contributed by atoms with van der Waals surface area (Å²) in [5.41, 5.74) is 0. The highest BCUT2D eigenvalue weighted by Crippen LogP contribution is 2.31. The van der Waals surface area contributed by atoms with Gasteiger partial charge in [0.2, 0.25) is 0 Å². The number of aliphatic hydroxyl groups excluding tert-OH is 1. The summed E-state index contributed by atoms with van der Waals surface area (Å²) in [7, 11) is 0.